The molecule has 1 aliphatic carbocycles. The normalized spacial score (nSPS) is 17.3. The second-order valence-corrected chi connectivity index (χ2v) is 6.32. The van der Waals surface area contributed by atoms with Gasteiger partial charge in [-0.15, -0.1) is 11.3 Å². The van der Waals surface area contributed by atoms with Gasteiger partial charge in [-0.05, 0) is 41.3 Å². The quantitative estimate of drug-likeness (QED) is 0.710. The van der Waals surface area contributed by atoms with Gasteiger partial charge in [0.05, 0.1) is 4.83 Å². The minimum atomic E-state index is 0.514. The molecule has 1 atom stereocenters. The average Bonchev–Trinajstić information content (AvgIpc) is 2.97. The first-order valence-electron chi connectivity index (χ1n) is 5.59. The first kappa shape index (κ1) is 10.5. The molecule has 1 heterocycles. The van der Waals surface area contributed by atoms with Crippen molar-refractivity contribution in [1.29, 1.82) is 0 Å². The largest absolute Gasteiger partial charge is 0.148 e. The molecule has 1 aromatic heterocycles. The molecule has 0 saturated carbocycles. The van der Waals surface area contributed by atoms with Gasteiger partial charge in [-0.3, -0.25) is 0 Å². The molecule has 0 saturated heterocycles. The first-order chi connectivity index (χ1) is 7.84. The fourth-order valence-corrected chi connectivity index (χ4v) is 4.12. The second-order valence-electron chi connectivity index (χ2n) is 4.35. The molecule has 0 spiro atoms. The summed E-state index contributed by atoms with van der Waals surface area (Å²) in [5.41, 5.74) is 3.07. The number of rotatable bonds is 2. The number of hydrogen-bond acceptors (Lipinski definition) is 1. The summed E-state index contributed by atoms with van der Waals surface area (Å²) in [4.78, 5) is 1.97. The van der Waals surface area contributed by atoms with Crippen molar-refractivity contribution in [1.82, 2.24) is 0 Å². The molecule has 0 aliphatic heterocycles. The summed E-state index contributed by atoms with van der Waals surface area (Å²) >= 11 is 5.71. The second kappa shape index (κ2) is 4.34. The van der Waals surface area contributed by atoms with Crippen LogP contribution in [-0.2, 0) is 12.8 Å². The highest BCUT2D eigenvalue weighted by molar-refractivity contribution is 9.09. The number of fused-ring (bicyclic) bond motifs is 1. The van der Waals surface area contributed by atoms with Gasteiger partial charge in [0.1, 0.15) is 0 Å². The fourth-order valence-electron chi connectivity index (χ4n) is 2.48. The Morgan fingerprint density at radius 3 is 2.31 bits per heavy atom. The maximum atomic E-state index is 3.86. The van der Waals surface area contributed by atoms with Gasteiger partial charge < -0.3 is 0 Å². The van der Waals surface area contributed by atoms with Gasteiger partial charge in [-0.2, -0.15) is 0 Å². The van der Waals surface area contributed by atoms with Crippen molar-refractivity contribution in [3.05, 3.63) is 57.8 Å². The lowest BCUT2D eigenvalue weighted by atomic mass is 10.0. The van der Waals surface area contributed by atoms with E-state index in [4.69, 9.17) is 0 Å². The van der Waals surface area contributed by atoms with Crippen molar-refractivity contribution in [3.63, 3.8) is 0 Å². The summed E-state index contributed by atoms with van der Waals surface area (Å²) in [5, 5.41) is 2.16. The standard InChI is InChI=1S/C14H13BrS/c15-14(13-6-3-7-16-13)12-8-10-4-1-2-5-11(10)9-12/h1-7,12,14H,8-9H2. The number of halogens is 1. The van der Waals surface area contributed by atoms with Crippen molar-refractivity contribution in [3.8, 4) is 0 Å². The van der Waals surface area contributed by atoms with Gasteiger partial charge in [0, 0.05) is 4.88 Å². The summed E-state index contributed by atoms with van der Waals surface area (Å²) in [6.07, 6.45) is 2.42. The molecule has 82 valence electrons. The third-order valence-electron chi connectivity index (χ3n) is 3.31. The van der Waals surface area contributed by atoms with Crippen LogP contribution in [-0.4, -0.2) is 0 Å². The smallest absolute Gasteiger partial charge is 0.0523 e. The Morgan fingerprint density at radius 2 is 1.75 bits per heavy atom. The number of alkyl halides is 1. The van der Waals surface area contributed by atoms with Crippen molar-refractivity contribution < 1.29 is 0 Å². The average molecular weight is 293 g/mol. The Hall–Kier alpha value is -0.600. The van der Waals surface area contributed by atoms with E-state index in [-0.39, 0.29) is 0 Å². The molecule has 0 fully saturated rings. The Morgan fingerprint density at radius 1 is 1.06 bits per heavy atom. The van der Waals surface area contributed by atoms with Crippen molar-refractivity contribution in [2.24, 2.45) is 5.92 Å². The van der Waals surface area contributed by atoms with E-state index < -0.39 is 0 Å². The summed E-state index contributed by atoms with van der Waals surface area (Å²) in [6, 6.07) is 13.2. The molecular weight excluding hydrogens is 280 g/mol. The van der Waals surface area contributed by atoms with Crippen LogP contribution in [0.15, 0.2) is 41.8 Å². The number of benzene rings is 1. The summed E-state index contributed by atoms with van der Waals surface area (Å²) < 4.78 is 0. The van der Waals surface area contributed by atoms with Gasteiger partial charge in [0.25, 0.3) is 0 Å². The first-order valence-corrected chi connectivity index (χ1v) is 7.38. The van der Waals surface area contributed by atoms with Crippen molar-refractivity contribution in [2.45, 2.75) is 17.7 Å². The van der Waals surface area contributed by atoms with E-state index in [1.165, 1.54) is 28.8 Å². The Kier molecular flexibility index (Phi) is 2.86. The van der Waals surface area contributed by atoms with Crippen LogP contribution in [0.25, 0.3) is 0 Å². The third-order valence-corrected chi connectivity index (χ3v) is 5.81. The maximum Gasteiger partial charge on any atom is 0.0523 e. The predicted octanol–water partition coefficient (Wildman–Crippen LogP) is 4.60. The SMILES string of the molecule is BrC(c1cccs1)C1Cc2ccccc2C1. The molecule has 2 heteroatoms. The molecule has 3 rings (SSSR count). The lowest BCUT2D eigenvalue weighted by Gasteiger charge is -2.15. The monoisotopic (exact) mass is 292 g/mol. The van der Waals surface area contributed by atoms with Gasteiger partial charge in [-0.1, -0.05) is 46.3 Å². The van der Waals surface area contributed by atoms with Gasteiger partial charge in [0.2, 0.25) is 0 Å². The third kappa shape index (κ3) is 1.85. The van der Waals surface area contributed by atoms with Crippen LogP contribution in [0.4, 0.5) is 0 Å². The highest BCUT2D eigenvalue weighted by Gasteiger charge is 2.28. The summed E-state index contributed by atoms with van der Waals surface area (Å²) in [5.74, 6) is 0.719. The molecule has 0 radical (unpaired) electrons. The Labute approximate surface area is 108 Å². The van der Waals surface area contributed by atoms with Crippen LogP contribution in [0, 0.1) is 5.92 Å². The van der Waals surface area contributed by atoms with Crippen LogP contribution in [0.1, 0.15) is 20.8 Å². The minimum absolute atomic E-state index is 0.514. The Bertz CT molecular complexity index is 450. The zero-order chi connectivity index (χ0) is 11.0. The highest BCUT2D eigenvalue weighted by atomic mass is 79.9. The summed E-state index contributed by atoms with van der Waals surface area (Å²) in [6.45, 7) is 0. The lowest BCUT2D eigenvalue weighted by molar-refractivity contribution is 0.559. The van der Waals surface area contributed by atoms with Crippen LogP contribution in [0.3, 0.4) is 0 Å². The molecule has 1 aromatic carbocycles. The molecule has 2 aromatic rings. The Balaban J connectivity index is 1.81. The molecule has 0 N–H and O–H groups in total. The van der Waals surface area contributed by atoms with Crippen LogP contribution in [0.5, 0.6) is 0 Å². The van der Waals surface area contributed by atoms with E-state index >= 15 is 0 Å². The molecule has 0 nitrogen and oxygen atoms in total. The van der Waals surface area contributed by atoms with E-state index in [2.05, 4.69) is 57.7 Å². The summed E-state index contributed by atoms with van der Waals surface area (Å²) in [7, 11) is 0. The molecule has 16 heavy (non-hydrogen) atoms. The van der Waals surface area contributed by atoms with E-state index in [9.17, 15) is 0 Å². The molecule has 1 unspecified atom stereocenters. The predicted molar refractivity (Wildman–Crippen MR) is 73.3 cm³/mol. The number of thiophene rings is 1. The minimum Gasteiger partial charge on any atom is -0.148 e. The van der Waals surface area contributed by atoms with E-state index in [1.54, 1.807) is 0 Å². The van der Waals surface area contributed by atoms with Crippen LogP contribution in [0.2, 0.25) is 0 Å². The van der Waals surface area contributed by atoms with Gasteiger partial charge in [-0.25, -0.2) is 0 Å². The maximum absolute atomic E-state index is 3.86. The molecular formula is C14H13BrS. The fraction of sp³-hybridized carbons (Fsp3) is 0.286. The van der Waals surface area contributed by atoms with Crippen LogP contribution < -0.4 is 0 Å². The van der Waals surface area contributed by atoms with Gasteiger partial charge in [0.15, 0.2) is 0 Å². The lowest BCUT2D eigenvalue weighted by Crippen LogP contribution is -2.06. The zero-order valence-corrected chi connectivity index (χ0v) is 11.3. The molecule has 1 aliphatic rings. The van der Waals surface area contributed by atoms with E-state index in [1.807, 2.05) is 11.3 Å². The topological polar surface area (TPSA) is 0 Å². The van der Waals surface area contributed by atoms with E-state index in [0.717, 1.165) is 5.92 Å². The molecule has 0 bridgehead atoms. The van der Waals surface area contributed by atoms with Gasteiger partial charge >= 0.3 is 0 Å². The zero-order valence-electron chi connectivity index (χ0n) is 8.90. The number of hydrogen-bond donors (Lipinski definition) is 0. The highest BCUT2D eigenvalue weighted by Crippen LogP contribution is 2.41. The van der Waals surface area contributed by atoms with Crippen molar-refractivity contribution in [2.75, 3.05) is 0 Å². The molecule has 0 amide bonds. The van der Waals surface area contributed by atoms with Crippen LogP contribution >= 0.6 is 27.3 Å². The van der Waals surface area contributed by atoms with Crippen molar-refractivity contribution >= 4 is 27.3 Å². The van der Waals surface area contributed by atoms with E-state index in [0.29, 0.717) is 4.83 Å².